The maximum absolute atomic E-state index is 13.7. The summed E-state index contributed by atoms with van der Waals surface area (Å²) in [5.41, 5.74) is 1.86. The lowest BCUT2D eigenvalue weighted by molar-refractivity contribution is 0.0945. The molecule has 0 saturated carbocycles. The van der Waals surface area contributed by atoms with Gasteiger partial charge in [0, 0.05) is 18.7 Å². The maximum atomic E-state index is 13.7. The number of carbonyl (C=O) groups is 2. The lowest BCUT2D eigenvalue weighted by atomic mass is 10.1. The Morgan fingerprint density at radius 1 is 0.946 bits per heavy atom. The van der Waals surface area contributed by atoms with Gasteiger partial charge < -0.3 is 15.1 Å². The maximum Gasteiger partial charge on any atom is 0.259 e. The fourth-order valence-electron chi connectivity index (χ4n) is 4.53. The first-order valence-corrected chi connectivity index (χ1v) is 13.8. The molecule has 0 bridgehead atoms. The second-order valence-electron chi connectivity index (χ2n) is 9.06. The van der Waals surface area contributed by atoms with E-state index in [0.717, 1.165) is 32.5 Å². The summed E-state index contributed by atoms with van der Waals surface area (Å²) in [6.45, 7) is 7.64. The lowest BCUT2D eigenvalue weighted by Gasteiger charge is -2.24. The van der Waals surface area contributed by atoms with Gasteiger partial charge in [-0.05, 0) is 74.0 Å². The Hall–Kier alpha value is -3.36. The van der Waals surface area contributed by atoms with E-state index in [4.69, 9.17) is 0 Å². The number of nitrogens with one attached hydrogen (secondary N) is 1. The molecule has 0 aliphatic carbocycles. The first-order chi connectivity index (χ1) is 17.9. The second-order valence-corrected chi connectivity index (χ2v) is 10.5. The molecule has 6 nitrogen and oxygen atoms in total. The number of hydrogen-bond donors (Lipinski definition) is 1. The van der Waals surface area contributed by atoms with Gasteiger partial charge in [-0.1, -0.05) is 38.1 Å². The molecule has 3 aromatic carbocycles. The summed E-state index contributed by atoms with van der Waals surface area (Å²) < 4.78 is 27.0. The van der Waals surface area contributed by atoms with Crippen LogP contribution in [-0.4, -0.2) is 47.1 Å². The van der Waals surface area contributed by atoms with Crippen molar-refractivity contribution < 1.29 is 18.2 Å². The molecule has 0 unspecified atom stereocenters. The summed E-state index contributed by atoms with van der Waals surface area (Å²) in [7, 11) is -1.61. The molecule has 1 aliphatic rings. The minimum absolute atomic E-state index is 0.145. The summed E-state index contributed by atoms with van der Waals surface area (Å²) in [6.07, 6.45) is 2.10. The summed E-state index contributed by atoms with van der Waals surface area (Å²) in [5, 5.41) is 2.98. The number of hydrogen-bond acceptors (Lipinski definition) is 4. The third kappa shape index (κ3) is 6.14. The zero-order chi connectivity index (χ0) is 26.4. The van der Waals surface area contributed by atoms with Crippen molar-refractivity contribution in [1.82, 2.24) is 10.2 Å². The minimum Gasteiger partial charge on any atom is -0.351 e. The first kappa shape index (κ1) is 26.7. The Balaban J connectivity index is 1.65. The quantitative estimate of drug-likeness (QED) is 0.408. The molecule has 1 aliphatic heterocycles. The zero-order valence-electron chi connectivity index (χ0n) is 21.2. The Labute approximate surface area is 219 Å². The fourth-order valence-corrected chi connectivity index (χ4v) is 5.88. The predicted octanol–water partition coefficient (Wildman–Crippen LogP) is 5.00. The van der Waals surface area contributed by atoms with Gasteiger partial charge in [-0.2, -0.15) is 0 Å². The molecule has 0 fully saturated rings. The molecule has 3 aromatic rings. The van der Waals surface area contributed by atoms with Crippen LogP contribution in [0.25, 0.3) is 0 Å². The van der Waals surface area contributed by atoms with Crippen molar-refractivity contribution in [2.75, 3.05) is 31.1 Å². The van der Waals surface area contributed by atoms with Crippen molar-refractivity contribution in [2.24, 2.45) is 0 Å². The van der Waals surface area contributed by atoms with Crippen LogP contribution in [0.5, 0.6) is 0 Å². The number of rotatable bonds is 10. The highest BCUT2D eigenvalue weighted by atomic mass is 32.2. The van der Waals surface area contributed by atoms with Gasteiger partial charge in [0.15, 0.2) is 0 Å². The van der Waals surface area contributed by atoms with Gasteiger partial charge in [0.05, 0.1) is 38.4 Å². The smallest absolute Gasteiger partial charge is 0.259 e. The van der Waals surface area contributed by atoms with Gasteiger partial charge in [0.25, 0.3) is 11.8 Å². The van der Waals surface area contributed by atoms with Crippen molar-refractivity contribution in [3.8, 4) is 0 Å². The van der Waals surface area contributed by atoms with Crippen LogP contribution in [0.15, 0.2) is 76.5 Å². The van der Waals surface area contributed by atoms with Crippen LogP contribution in [0.1, 0.15) is 53.0 Å². The van der Waals surface area contributed by atoms with E-state index >= 15 is 0 Å². The van der Waals surface area contributed by atoms with Crippen molar-refractivity contribution in [3.63, 3.8) is 0 Å². The Kier molecular flexibility index (Phi) is 8.84. The lowest BCUT2D eigenvalue weighted by Crippen LogP contribution is -2.36. The topological polar surface area (TPSA) is 69.7 Å². The van der Waals surface area contributed by atoms with Gasteiger partial charge in [-0.3, -0.25) is 9.59 Å². The zero-order valence-corrected chi connectivity index (χ0v) is 22.0. The molecule has 1 heterocycles. The number of fused-ring (bicyclic) bond motifs is 2. The second kappa shape index (κ2) is 12.3. The number of benzene rings is 3. The van der Waals surface area contributed by atoms with E-state index in [2.05, 4.69) is 24.1 Å². The third-order valence-electron chi connectivity index (χ3n) is 6.32. The van der Waals surface area contributed by atoms with E-state index in [9.17, 15) is 18.2 Å². The van der Waals surface area contributed by atoms with Crippen LogP contribution in [0.3, 0.4) is 0 Å². The van der Waals surface area contributed by atoms with Crippen LogP contribution in [0.4, 0.5) is 10.1 Å². The molecule has 0 radical (unpaired) electrons. The van der Waals surface area contributed by atoms with Crippen LogP contribution in [-0.2, 0) is 17.3 Å². The van der Waals surface area contributed by atoms with E-state index in [-0.39, 0.29) is 24.2 Å². The van der Waals surface area contributed by atoms with Crippen LogP contribution in [0.2, 0.25) is 0 Å². The van der Waals surface area contributed by atoms with Gasteiger partial charge >= 0.3 is 0 Å². The van der Waals surface area contributed by atoms with E-state index in [1.165, 1.54) is 17.0 Å². The standard InChI is InChI=1S/C29H32FN3O3S/c1-3-16-32(17-4-2)18-15-31-28(34)22-11-14-27-25(19-22)33(20-21-9-12-23(30)13-10-21)29(35)24-7-5-6-8-26(24)37(27)36/h5-14,19H,3-4,15-18,20H2,1-2H3,(H,31,34)/t37-/m0/s1. The van der Waals surface area contributed by atoms with E-state index in [1.807, 2.05) is 0 Å². The molecule has 8 heteroatoms. The minimum atomic E-state index is -1.61. The highest BCUT2D eigenvalue weighted by molar-refractivity contribution is 7.85. The predicted molar refractivity (Wildman–Crippen MR) is 144 cm³/mol. The number of carbonyl (C=O) groups excluding carboxylic acids is 2. The number of anilines is 1. The number of amides is 2. The number of halogens is 1. The van der Waals surface area contributed by atoms with E-state index in [0.29, 0.717) is 38.7 Å². The average Bonchev–Trinajstić information content (AvgIpc) is 2.99. The molecule has 2 amide bonds. The van der Waals surface area contributed by atoms with Crippen molar-refractivity contribution in [1.29, 1.82) is 0 Å². The van der Waals surface area contributed by atoms with Crippen molar-refractivity contribution >= 4 is 28.3 Å². The monoisotopic (exact) mass is 521 g/mol. The van der Waals surface area contributed by atoms with Gasteiger partial charge in [0.1, 0.15) is 5.82 Å². The van der Waals surface area contributed by atoms with Crippen molar-refractivity contribution in [2.45, 2.75) is 43.0 Å². The molecular weight excluding hydrogens is 489 g/mol. The fraction of sp³-hybridized carbons (Fsp3) is 0.310. The Morgan fingerprint density at radius 3 is 2.35 bits per heavy atom. The summed E-state index contributed by atoms with van der Waals surface area (Å²) in [5.74, 6) is -0.940. The molecule has 1 N–H and O–H groups in total. The molecule has 0 aromatic heterocycles. The molecule has 37 heavy (non-hydrogen) atoms. The van der Waals surface area contributed by atoms with Gasteiger partial charge in [-0.15, -0.1) is 0 Å². The SMILES string of the molecule is CCCN(CCC)CCNC(=O)c1ccc2c(c1)N(Cc1ccc(F)cc1)C(=O)c1ccccc1[S@@]2=O. The molecule has 194 valence electrons. The molecule has 1 atom stereocenters. The molecule has 4 rings (SSSR count). The largest absolute Gasteiger partial charge is 0.351 e. The first-order valence-electron chi connectivity index (χ1n) is 12.6. The van der Waals surface area contributed by atoms with E-state index < -0.39 is 10.8 Å². The van der Waals surface area contributed by atoms with E-state index in [1.54, 1.807) is 54.6 Å². The normalized spacial score (nSPS) is 14.8. The molecular formula is C29H32FN3O3S. The molecule has 0 saturated heterocycles. The Bertz CT molecular complexity index is 1290. The van der Waals surface area contributed by atoms with Crippen molar-refractivity contribution in [3.05, 3.63) is 89.2 Å². The highest BCUT2D eigenvalue weighted by Crippen LogP contribution is 2.36. The molecule has 0 spiro atoms. The summed E-state index contributed by atoms with van der Waals surface area (Å²) in [4.78, 5) is 31.4. The number of nitrogens with zero attached hydrogens (tertiary/aromatic N) is 2. The summed E-state index contributed by atoms with van der Waals surface area (Å²) in [6, 6.07) is 17.7. The average molecular weight is 522 g/mol. The van der Waals surface area contributed by atoms with Crippen LogP contribution < -0.4 is 10.2 Å². The third-order valence-corrected chi connectivity index (χ3v) is 7.82. The Morgan fingerprint density at radius 2 is 1.65 bits per heavy atom. The van der Waals surface area contributed by atoms with Gasteiger partial charge in [-0.25, -0.2) is 8.60 Å². The van der Waals surface area contributed by atoms with Gasteiger partial charge in [0.2, 0.25) is 0 Å². The van der Waals surface area contributed by atoms with Crippen LogP contribution >= 0.6 is 0 Å². The van der Waals surface area contributed by atoms with Crippen LogP contribution in [0, 0.1) is 5.82 Å². The highest BCUT2D eigenvalue weighted by Gasteiger charge is 2.31. The summed E-state index contributed by atoms with van der Waals surface area (Å²) >= 11 is 0.